The van der Waals surface area contributed by atoms with Crippen LogP contribution >= 0.6 is 0 Å². The molecule has 0 amide bonds. The molecule has 0 spiro atoms. The second-order valence-electron chi connectivity index (χ2n) is 4.81. The Balaban J connectivity index is 1.86. The zero-order valence-corrected chi connectivity index (χ0v) is 11.0. The molecule has 1 saturated heterocycles. The normalized spacial score (nSPS) is 21.6. The zero-order chi connectivity index (χ0) is 12.8. The Labute approximate surface area is 108 Å². The van der Waals surface area contributed by atoms with Crippen LogP contribution in [0.25, 0.3) is 0 Å². The lowest BCUT2D eigenvalue weighted by Crippen LogP contribution is -2.28. The summed E-state index contributed by atoms with van der Waals surface area (Å²) in [6.07, 6.45) is 5.88. The van der Waals surface area contributed by atoms with Crippen molar-refractivity contribution in [2.24, 2.45) is 5.73 Å². The highest BCUT2D eigenvalue weighted by molar-refractivity contribution is 5.20. The quantitative estimate of drug-likeness (QED) is 0.867. The van der Waals surface area contributed by atoms with E-state index in [9.17, 15) is 0 Å². The summed E-state index contributed by atoms with van der Waals surface area (Å²) < 4.78 is 11.2. The SMILES string of the molecule is CCC(N)Cc1ccc(OC2CCCOC2)cn1. The van der Waals surface area contributed by atoms with Crippen LogP contribution in [0.15, 0.2) is 18.3 Å². The van der Waals surface area contributed by atoms with Gasteiger partial charge in [0.2, 0.25) is 0 Å². The molecular formula is C14H22N2O2. The topological polar surface area (TPSA) is 57.4 Å². The fourth-order valence-corrected chi connectivity index (χ4v) is 2.01. The van der Waals surface area contributed by atoms with E-state index < -0.39 is 0 Å². The summed E-state index contributed by atoms with van der Waals surface area (Å²) >= 11 is 0. The smallest absolute Gasteiger partial charge is 0.138 e. The van der Waals surface area contributed by atoms with Crippen LogP contribution < -0.4 is 10.5 Å². The van der Waals surface area contributed by atoms with Crippen molar-refractivity contribution in [3.8, 4) is 5.75 Å². The van der Waals surface area contributed by atoms with Gasteiger partial charge < -0.3 is 15.2 Å². The third-order valence-electron chi connectivity index (χ3n) is 3.21. The Kier molecular flexibility index (Phi) is 4.96. The molecule has 1 aromatic rings. The largest absolute Gasteiger partial charge is 0.486 e. The molecule has 4 nitrogen and oxygen atoms in total. The first-order valence-electron chi connectivity index (χ1n) is 6.73. The molecule has 0 aromatic carbocycles. The van der Waals surface area contributed by atoms with E-state index in [-0.39, 0.29) is 12.1 Å². The Bertz CT molecular complexity index is 347. The third-order valence-corrected chi connectivity index (χ3v) is 3.21. The number of pyridine rings is 1. The molecule has 0 radical (unpaired) electrons. The van der Waals surface area contributed by atoms with Crippen molar-refractivity contribution in [2.45, 2.75) is 44.8 Å². The van der Waals surface area contributed by atoms with Gasteiger partial charge in [0.15, 0.2) is 0 Å². The first kappa shape index (κ1) is 13.3. The summed E-state index contributed by atoms with van der Waals surface area (Å²) in [6.45, 7) is 3.62. The fraction of sp³-hybridized carbons (Fsp3) is 0.643. The Morgan fingerprint density at radius 2 is 2.44 bits per heavy atom. The summed E-state index contributed by atoms with van der Waals surface area (Å²) in [4.78, 5) is 4.39. The molecule has 2 N–H and O–H groups in total. The van der Waals surface area contributed by atoms with Gasteiger partial charge in [-0.15, -0.1) is 0 Å². The van der Waals surface area contributed by atoms with Gasteiger partial charge in [0.25, 0.3) is 0 Å². The van der Waals surface area contributed by atoms with Crippen LogP contribution in [-0.2, 0) is 11.2 Å². The van der Waals surface area contributed by atoms with Gasteiger partial charge in [-0.1, -0.05) is 6.92 Å². The summed E-state index contributed by atoms with van der Waals surface area (Å²) in [5, 5.41) is 0. The lowest BCUT2D eigenvalue weighted by Gasteiger charge is -2.23. The average molecular weight is 250 g/mol. The van der Waals surface area contributed by atoms with Gasteiger partial charge in [-0.05, 0) is 31.4 Å². The highest BCUT2D eigenvalue weighted by Crippen LogP contribution is 2.16. The summed E-state index contributed by atoms with van der Waals surface area (Å²) in [5.41, 5.74) is 6.93. The molecule has 2 heterocycles. The molecule has 1 aliphatic heterocycles. The number of ether oxygens (including phenoxy) is 2. The lowest BCUT2D eigenvalue weighted by molar-refractivity contribution is 0.00727. The minimum atomic E-state index is 0.171. The molecule has 4 heteroatoms. The summed E-state index contributed by atoms with van der Waals surface area (Å²) in [5.74, 6) is 0.819. The van der Waals surface area contributed by atoms with Gasteiger partial charge in [0, 0.05) is 24.8 Å². The van der Waals surface area contributed by atoms with Crippen LogP contribution in [0, 0.1) is 0 Å². The van der Waals surface area contributed by atoms with Crippen molar-refractivity contribution < 1.29 is 9.47 Å². The van der Waals surface area contributed by atoms with E-state index in [1.54, 1.807) is 6.20 Å². The molecule has 2 rings (SSSR count). The number of rotatable bonds is 5. The third kappa shape index (κ3) is 3.96. The fourth-order valence-electron chi connectivity index (χ4n) is 2.01. The van der Waals surface area contributed by atoms with Gasteiger partial charge in [-0.25, -0.2) is 0 Å². The second kappa shape index (κ2) is 6.71. The van der Waals surface area contributed by atoms with Crippen molar-refractivity contribution >= 4 is 0 Å². The predicted octanol–water partition coefficient (Wildman–Crippen LogP) is 1.92. The summed E-state index contributed by atoms with van der Waals surface area (Å²) in [7, 11) is 0. The zero-order valence-electron chi connectivity index (χ0n) is 11.0. The van der Waals surface area contributed by atoms with Crippen LogP contribution in [0.3, 0.4) is 0 Å². The van der Waals surface area contributed by atoms with Gasteiger partial charge in [0.1, 0.15) is 11.9 Å². The van der Waals surface area contributed by atoms with Gasteiger partial charge in [-0.3, -0.25) is 4.98 Å². The van der Waals surface area contributed by atoms with E-state index in [2.05, 4.69) is 11.9 Å². The first-order chi connectivity index (χ1) is 8.78. The highest BCUT2D eigenvalue weighted by atomic mass is 16.5. The average Bonchev–Trinajstić information content (AvgIpc) is 2.42. The standard InChI is InChI=1S/C14H22N2O2/c1-2-11(15)8-12-5-6-13(9-16-12)18-14-4-3-7-17-10-14/h5-6,9,11,14H,2-4,7-8,10,15H2,1H3. The molecule has 2 atom stereocenters. The van der Waals surface area contributed by atoms with E-state index in [1.807, 2.05) is 12.1 Å². The van der Waals surface area contributed by atoms with Crippen molar-refractivity contribution in [3.63, 3.8) is 0 Å². The molecule has 2 unspecified atom stereocenters. The number of nitrogens with zero attached hydrogens (tertiary/aromatic N) is 1. The van der Waals surface area contributed by atoms with E-state index in [1.165, 1.54) is 0 Å². The predicted molar refractivity (Wildman–Crippen MR) is 70.7 cm³/mol. The minimum Gasteiger partial charge on any atom is -0.486 e. The van der Waals surface area contributed by atoms with E-state index >= 15 is 0 Å². The molecular weight excluding hydrogens is 228 g/mol. The maximum atomic E-state index is 5.90. The summed E-state index contributed by atoms with van der Waals surface area (Å²) in [6, 6.07) is 4.16. The number of hydrogen-bond donors (Lipinski definition) is 1. The van der Waals surface area contributed by atoms with Crippen LogP contribution in [0.1, 0.15) is 31.9 Å². The second-order valence-corrected chi connectivity index (χ2v) is 4.81. The molecule has 18 heavy (non-hydrogen) atoms. The lowest BCUT2D eigenvalue weighted by atomic mass is 10.1. The van der Waals surface area contributed by atoms with Crippen LogP contribution in [0.4, 0.5) is 0 Å². The van der Waals surface area contributed by atoms with Crippen molar-refractivity contribution in [1.82, 2.24) is 4.98 Å². The number of aromatic nitrogens is 1. The van der Waals surface area contributed by atoms with E-state index in [0.717, 1.165) is 43.7 Å². The van der Waals surface area contributed by atoms with Crippen LogP contribution in [0.5, 0.6) is 5.75 Å². The molecule has 1 aromatic heterocycles. The van der Waals surface area contributed by atoms with Gasteiger partial charge >= 0.3 is 0 Å². The maximum Gasteiger partial charge on any atom is 0.138 e. The van der Waals surface area contributed by atoms with Crippen molar-refractivity contribution in [1.29, 1.82) is 0 Å². The Morgan fingerprint density at radius 3 is 3.06 bits per heavy atom. The molecule has 0 bridgehead atoms. The van der Waals surface area contributed by atoms with Crippen molar-refractivity contribution in [2.75, 3.05) is 13.2 Å². The first-order valence-corrected chi connectivity index (χ1v) is 6.73. The van der Waals surface area contributed by atoms with E-state index in [0.29, 0.717) is 6.61 Å². The number of nitrogens with two attached hydrogens (primary N) is 1. The van der Waals surface area contributed by atoms with E-state index in [4.69, 9.17) is 15.2 Å². The molecule has 100 valence electrons. The van der Waals surface area contributed by atoms with Crippen LogP contribution in [0.2, 0.25) is 0 Å². The molecule has 0 saturated carbocycles. The van der Waals surface area contributed by atoms with Gasteiger partial charge in [-0.2, -0.15) is 0 Å². The molecule has 1 fully saturated rings. The molecule has 1 aliphatic rings. The minimum absolute atomic E-state index is 0.171. The Hall–Kier alpha value is -1.13. The maximum absolute atomic E-state index is 5.90. The monoisotopic (exact) mass is 250 g/mol. The Morgan fingerprint density at radius 1 is 1.56 bits per heavy atom. The van der Waals surface area contributed by atoms with Crippen molar-refractivity contribution in [3.05, 3.63) is 24.0 Å². The molecule has 0 aliphatic carbocycles. The highest BCUT2D eigenvalue weighted by Gasteiger charge is 2.15. The number of hydrogen-bond acceptors (Lipinski definition) is 4. The van der Waals surface area contributed by atoms with Crippen LogP contribution in [-0.4, -0.2) is 30.3 Å². The van der Waals surface area contributed by atoms with Gasteiger partial charge in [0.05, 0.1) is 12.8 Å².